The summed E-state index contributed by atoms with van der Waals surface area (Å²) in [7, 11) is 1.78. The first-order valence-electron chi connectivity index (χ1n) is 6.91. The number of unbranched alkanes of at least 4 members (excludes halogenated alkanes) is 1. The fourth-order valence-electron chi connectivity index (χ4n) is 1.85. The van der Waals surface area contributed by atoms with Gasteiger partial charge in [-0.1, -0.05) is 0 Å². The summed E-state index contributed by atoms with van der Waals surface area (Å²) in [5, 5.41) is 0. The molecule has 0 amide bonds. The van der Waals surface area contributed by atoms with Gasteiger partial charge in [0.25, 0.3) is 0 Å². The van der Waals surface area contributed by atoms with Gasteiger partial charge in [0.05, 0.1) is 0 Å². The number of hydrogen-bond donors (Lipinski definition) is 0. The van der Waals surface area contributed by atoms with Crippen LogP contribution in [0.4, 0.5) is 0 Å². The molecule has 1 aromatic carbocycles. The summed E-state index contributed by atoms with van der Waals surface area (Å²) in [6.07, 6.45) is 4.91. The van der Waals surface area contributed by atoms with E-state index in [2.05, 4.69) is 70.5 Å². The van der Waals surface area contributed by atoms with Gasteiger partial charge in [-0.3, -0.25) is 0 Å². The summed E-state index contributed by atoms with van der Waals surface area (Å²) in [5.41, 5.74) is 1.45. The van der Waals surface area contributed by atoms with Crippen LogP contribution in [0.5, 0.6) is 0 Å². The molecule has 0 aromatic heterocycles. The molecule has 0 N–H and O–H groups in total. The molecule has 0 fully saturated rings. The van der Waals surface area contributed by atoms with E-state index in [9.17, 15) is 0 Å². The normalized spacial score (nSPS) is 8.00. The maximum absolute atomic E-state index is 7.50. The monoisotopic (exact) mass is 528 g/mol. The van der Waals surface area contributed by atoms with Gasteiger partial charge in [-0.25, -0.2) is 0 Å². The molecule has 0 bridgehead atoms. The number of benzene rings is 1. The Kier molecular flexibility index (Phi) is 53.0. The van der Waals surface area contributed by atoms with Crippen molar-refractivity contribution in [3.8, 4) is 0 Å². The molecule has 7 heteroatoms. The van der Waals surface area contributed by atoms with E-state index in [-0.39, 0.29) is 0 Å². The van der Waals surface area contributed by atoms with Gasteiger partial charge in [-0.2, -0.15) is 0 Å². The van der Waals surface area contributed by atoms with Crippen LogP contribution in [0, 0.1) is 33.3 Å². The van der Waals surface area contributed by atoms with Crippen molar-refractivity contribution in [2.45, 2.75) is 38.5 Å². The number of methoxy groups -OCH3 is 1. The third-order valence-corrected chi connectivity index (χ3v) is 4.02. The first kappa shape index (κ1) is 35.5. The first-order chi connectivity index (χ1) is 12.8. The van der Waals surface area contributed by atoms with Crippen molar-refractivity contribution in [3.63, 3.8) is 0 Å². The van der Waals surface area contributed by atoms with Crippen LogP contribution in [-0.4, -0.2) is 11.2 Å². The van der Waals surface area contributed by atoms with E-state index in [4.69, 9.17) is 28.0 Å². The minimum atomic E-state index is 0.633. The van der Waals surface area contributed by atoms with Crippen LogP contribution in [-0.2, 0) is 47.4 Å². The van der Waals surface area contributed by atoms with Gasteiger partial charge in [0.2, 0.25) is 0 Å². The summed E-state index contributed by atoms with van der Waals surface area (Å²) >= 11 is 1.45. The summed E-state index contributed by atoms with van der Waals surface area (Å²) in [5.74, 6) is 0.633. The summed E-state index contributed by atoms with van der Waals surface area (Å²) in [6, 6.07) is 10.8. The molecule has 138 valence electrons. The third-order valence-electron chi connectivity index (χ3n) is 2.82. The molecule has 0 saturated heterocycles. The van der Waals surface area contributed by atoms with E-state index in [0.717, 1.165) is 6.42 Å². The van der Waals surface area contributed by atoms with Crippen LogP contribution < -0.4 is 0 Å². The minimum absolute atomic E-state index is 0.633. The van der Waals surface area contributed by atoms with Gasteiger partial charge in [0.1, 0.15) is 0 Å². The Hall–Kier alpha value is -1.56. The van der Waals surface area contributed by atoms with Crippen molar-refractivity contribution in [2.24, 2.45) is 0 Å². The molecule has 26 heavy (non-hydrogen) atoms. The average molecular weight is 528 g/mol. The van der Waals surface area contributed by atoms with Crippen molar-refractivity contribution in [1.29, 1.82) is 0 Å². The van der Waals surface area contributed by atoms with Crippen LogP contribution in [0.3, 0.4) is 0 Å². The van der Waals surface area contributed by atoms with Gasteiger partial charge < -0.3 is 0 Å². The van der Waals surface area contributed by atoms with Crippen LogP contribution in [0.25, 0.3) is 0 Å². The van der Waals surface area contributed by atoms with Crippen LogP contribution >= 0.6 is 0 Å². The predicted octanol–water partition coefficient (Wildman–Crippen LogP) is 3.49. The zero-order valence-corrected chi connectivity index (χ0v) is 17.6. The molecule has 0 aliphatic heterocycles. The van der Waals surface area contributed by atoms with Crippen molar-refractivity contribution >= 4 is 4.08 Å². The molecular formula is C19H20O6W. The molecule has 0 heterocycles. The number of hydrogen-bond acceptors (Lipinski definition) is 1. The molecule has 0 saturated carbocycles. The maximum atomic E-state index is 7.50. The van der Waals surface area contributed by atoms with Crippen LogP contribution in [0.1, 0.15) is 44.1 Å². The van der Waals surface area contributed by atoms with Crippen molar-refractivity contribution in [1.82, 2.24) is 0 Å². The second kappa shape index (κ2) is 38.8. The van der Waals surface area contributed by atoms with E-state index < -0.39 is 0 Å². The van der Waals surface area contributed by atoms with Crippen molar-refractivity contribution < 1.29 is 47.4 Å². The van der Waals surface area contributed by atoms with Crippen LogP contribution in [0.2, 0.25) is 0 Å². The van der Waals surface area contributed by atoms with E-state index >= 15 is 0 Å². The Morgan fingerprint density at radius 1 is 0.923 bits per heavy atom. The molecule has 0 radical (unpaired) electrons. The molecule has 6 nitrogen and oxygen atoms in total. The summed E-state index contributed by atoms with van der Waals surface area (Å²) in [6.45, 7) is 24.8. The number of rotatable bonds is 7. The van der Waals surface area contributed by atoms with Gasteiger partial charge in [-0.05, 0) is 0 Å². The standard InChI is InChI=1S/C14H20O.5CO.W/c1-3-4-8-14(11-12-15-2)13-9-6-5-7-10-13;5*1-2;/h5-7,9-10,14H,3-4,8,11H2,1-2H3;;;;;;. The first-order valence-corrected chi connectivity index (χ1v) is 8.38. The Bertz CT molecular complexity index is 467. The van der Waals surface area contributed by atoms with Gasteiger partial charge in [0.15, 0.2) is 0 Å². The fraction of sp³-hybridized carbons (Fsp3) is 0.368. The molecule has 1 aromatic rings. The quantitative estimate of drug-likeness (QED) is 0.392. The second-order valence-electron chi connectivity index (χ2n) is 4.03. The average Bonchev–Trinajstić information content (AvgIpc) is 2.78. The van der Waals surface area contributed by atoms with Crippen LogP contribution in [0.15, 0.2) is 30.3 Å². The zero-order valence-electron chi connectivity index (χ0n) is 14.7. The van der Waals surface area contributed by atoms with Gasteiger partial charge in [0, 0.05) is 0 Å². The van der Waals surface area contributed by atoms with Gasteiger partial charge >= 0.3 is 166 Å². The SMILES string of the molecule is CCCCC(C[C](=[W])OC)c1ccccc1.[C-]#[O+].[C-]#[O+].[C-]#[O+].[C-]#[O+].[C-]#[O+]. The van der Waals surface area contributed by atoms with E-state index in [1.807, 2.05) is 0 Å². The fourth-order valence-corrected chi connectivity index (χ4v) is 2.57. The molecule has 0 spiro atoms. The zero-order chi connectivity index (χ0) is 21.8. The summed E-state index contributed by atoms with van der Waals surface area (Å²) < 4.78 is 44.0. The Labute approximate surface area is 166 Å². The van der Waals surface area contributed by atoms with Crippen molar-refractivity contribution in [2.75, 3.05) is 7.11 Å². The van der Waals surface area contributed by atoms with E-state index in [1.165, 1.54) is 48.3 Å². The molecular weight excluding hydrogens is 508 g/mol. The number of ether oxygens (including phenoxy) is 1. The Morgan fingerprint density at radius 3 is 1.69 bits per heavy atom. The van der Waals surface area contributed by atoms with Gasteiger partial charge in [-0.15, -0.1) is 0 Å². The molecule has 1 rings (SSSR count). The third kappa shape index (κ3) is 24.7. The second-order valence-corrected chi connectivity index (χ2v) is 5.67. The van der Waals surface area contributed by atoms with Crippen molar-refractivity contribution in [3.05, 3.63) is 69.1 Å². The Morgan fingerprint density at radius 2 is 1.35 bits per heavy atom. The topological polar surface area (TPSA) is 109 Å². The summed E-state index contributed by atoms with van der Waals surface area (Å²) in [4.78, 5) is 0. The Balaban J connectivity index is -0.000000127. The van der Waals surface area contributed by atoms with E-state index in [1.54, 1.807) is 7.11 Å². The molecule has 0 aliphatic carbocycles. The van der Waals surface area contributed by atoms with E-state index in [0.29, 0.717) is 5.92 Å². The molecule has 0 aliphatic rings. The molecule has 1 unspecified atom stereocenters. The predicted molar refractivity (Wildman–Crippen MR) is 85.0 cm³/mol. The molecule has 1 atom stereocenters.